The first-order valence-electron chi connectivity index (χ1n) is 5.53. The number of ketones is 1. The van der Waals surface area contributed by atoms with Crippen LogP contribution in [0.4, 0.5) is 0 Å². The van der Waals surface area contributed by atoms with Gasteiger partial charge in [0.1, 0.15) is 5.78 Å². The minimum Gasteiger partial charge on any atom is -0.300 e. The average molecular weight is 186 g/mol. The summed E-state index contributed by atoms with van der Waals surface area (Å²) in [4.78, 5) is 11.1. The maximum absolute atomic E-state index is 11.1. The van der Waals surface area contributed by atoms with Crippen LogP contribution in [0.25, 0.3) is 0 Å². The van der Waals surface area contributed by atoms with Crippen LogP contribution in [0, 0.1) is 5.41 Å². The van der Waals surface area contributed by atoms with Crippen molar-refractivity contribution in [2.45, 2.75) is 67.2 Å². The third-order valence-corrected chi connectivity index (χ3v) is 2.00. The SMILES string of the molecule is CC.CCCC(C)(C)CC(=O)CC. The molecule has 0 aliphatic rings. The average Bonchev–Trinajstić information content (AvgIpc) is 2.07. The van der Waals surface area contributed by atoms with Crippen LogP contribution >= 0.6 is 0 Å². The lowest BCUT2D eigenvalue weighted by atomic mass is 9.82. The standard InChI is InChI=1S/C10H20O.C2H6/c1-5-7-10(3,4)8-9(11)6-2;1-2/h5-8H2,1-4H3;1-2H3. The fourth-order valence-corrected chi connectivity index (χ4v) is 1.42. The molecule has 0 heterocycles. The summed E-state index contributed by atoms with van der Waals surface area (Å²) in [7, 11) is 0. The Bertz CT molecular complexity index is 125. The Hall–Kier alpha value is -0.330. The Morgan fingerprint density at radius 3 is 1.92 bits per heavy atom. The predicted molar refractivity (Wildman–Crippen MR) is 60.0 cm³/mol. The second-order valence-corrected chi connectivity index (χ2v) is 3.98. The Labute approximate surface area is 83.9 Å². The van der Waals surface area contributed by atoms with Crippen molar-refractivity contribution in [3.63, 3.8) is 0 Å². The predicted octanol–water partition coefficient (Wildman–Crippen LogP) is 4.21. The molecule has 0 atom stereocenters. The third-order valence-electron chi connectivity index (χ3n) is 2.00. The molecule has 0 N–H and O–H groups in total. The topological polar surface area (TPSA) is 17.1 Å². The molecule has 0 rings (SSSR count). The number of hydrogen-bond donors (Lipinski definition) is 0. The van der Waals surface area contributed by atoms with E-state index in [1.807, 2.05) is 20.8 Å². The van der Waals surface area contributed by atoms with Crippen LogP contribution in [-0.2, 0) is 4.79 Å². The number of carbonyl (C=O) groups is 1. The highest BCUT2D eigenvalue weighted by atomic mass is 16.1. The van der Waals surface area contributed by atoms with Gasteiger partial charge >= 0.3 is 0 Å². The third kappa shape index (κ3) is 9.59. The molecule has 0 radical (unpaired) electrons. The van der Waals surface area contributed by atoms with Crippen molar-refractivity contribution in [2.24, 2.45) is 5.41 Å². The van der Waals surface area contributed by atoms with Crippen molar-refractivity contribution in [3.05, 3.63) is 0 Å². The first-order chi connectivity index (χ1) is 6.02. The molecular weight excluding hydrogens is 160 g/mol. The maximum Gasteiger partial charge on any atom is 0.133 e. The largest absolute Gasteiger partial charge is 0.300 e. The molecule has 0 bridgehead atoms. The molecule has 1 heteroatoms. The molecular formula is C12H26O. The van der Waals surface area contributed by atoms with Gasteiger partial charge in [0, 0.05) is 12.8 Å². The lowest BCUT2D eigenvalue weighted by molar-refractivity contribution is -0.120. The van der Waals surface area contributed by atoms with E-state index < -0.39 is 0 Å². The second-order valence-electron chi connectivity index (χ2n) is 3.98. The van der Waals surface area contributed by atoms with Gasteiger partial charge in [0.2, 0.25) is 0 Å². The van der Waals surface area contributed by atoms with E-state index in [4.69, 9.17) is 0 Å². The highest BCUT2D eigenvalue weighted by Gasteiger charge is 2.19. The first-order valence-corrected chi connectivity index (χ1v) is 5.53. The van der Waals surface area contributed by atoms with Gasteiger partial charge in [-0.05, 0) is 11.8 Å². The second kappa shape index (κ2) is 8.28. The van der Waals surface area contributed by atoms with Crippen molar-refractivity contribution in [1.82, 2.24) is 0 Å². The van der Waals surface area contributed by atoms with E-state index in [2.05, 4.69) is 20.8 Å². The molecule has 0 aliphatic heterocycles. The summed E-state index contributed by atoms with van der Waals surface area (Å²) < 4.78 is 0. The minimum atomic E-state index is 0.224. The van der Waals surface area contributed by atoms with E-state index in [0.717, 1.165) is 12.8 Å². The Morgan fingerprint density at radius 1 is 1.15 bits per heavy atom. The van der Waals surface area contributed by atoms with Gasteiger partial charge in [-0.3, -0.25) is 4.79 Å². The van der Waals surface area contributed by atoms with E-state index >= 15 is 0 Å². The van der Waals surface area contributed by atoms with Crippen LogP contribution in [0.5, 0.6) is 0 Å². The molecule has 0 aromatic rings. The van der Waals surface area contributed by atoms with E-state index in [1.165, 1.54) is 6.42 Å². The number of carbonyl (C=O) groups excluding carboxylic acids is 1. The molecule has 0 spiro atoms. The molecule has 1 nitrogen and oxygen atoms in total. The van der Waals surface area contributed by atoms with E-state index in [1.54, 1.807) is 0 Å². The molecule has 13 heavy (non-hydrogen) atoms. The molecule has 0 saturated carbocycles. The van der Waals surface area contributed by atoms with Crippen molar-refractivity contribution in [2.75, 3.05) is 0 Å². The van der Waals surface area contributed by atoms with Gasteiger partial charge in [-0.1, -0.05) is 48.0 Å². The summed E-state index contributed by atoms with van der Waals surface area (Å²) in [6.45, 7) is 12.4. The van der Waals surface area contributed by atoms with Crippen LogP contribution < -0.4 is 0 Å². The minimum absolute atomic E-state index is 0.224. The van der Waals surface area contributed by atoms with Gasteiger partial charge in [0.05, 0.1) is 0 Å². The fraction of sp³-hybridized carbons (Fsp3) is 0.917. The first kappa shape index (κ1) is 15.2. The Morgan fingerprint density at radius 2 is 1.62 bits per heavy atom. The van der Waals surface area contributed by atoms with E-state index in [-0.39, 0.29) is 5.41 Å². The van der Waals surface area contributed by atoms with Gasteiger partial charge in [0.25, 0.3) is 0 Å². The summed E-state index contributed by atoms with van der Waals surface area (Å²) in [5, 5.41) is 0. The number of hydrogen-bond acceptors (Lipinski definition) is 1. The summed E-state index contributed by atoms with van der Waals surface area (Å²) in [6, 6.07) is 0. The summed E-state index contributed by atoms with van der Waals surface area (Å²) in [6.07, 6.45) is 3.76. The van der Waals surface area contributed by atoms with Crippen LogP contribution in [-0.4, -0.2) is 5.78 Å². The van der Waals surface area contributed by atoms with Gasteiger partial charge in [0.15, 0.2) is 0 Å². The monoisotopic (exact) mass is 186 g/mol. The zero-order valence-electron chi connectivity index (χ0n) is 10.2. The highest BCUT2D eigenvalue weighted by Crippen LogP contribution is 2.26. The Kier molecular flexibility index (Phi) is 9.65. The van der Waals surface area contributed by atoms with E-state index in [9.17, 15) is 4.79 Å². The van der Waals surface area contributed by atoms with Gasteiger partial charge in [-0.15, -0.1) is 0 Å². The van der Waals surface area contributed by atoms with Crippen molar-refractivity contribution >= 4 is 5.78 Å². The van der Waals surface area contributed by atoms with Gasteiger partial charge in [-0.2, -0.15) is 0 Å². The molecule has 0 unspecified atom stereocenters. The van der Waals surface area contributed by atoms with Crippen molar-refractivity contribution in [3.8, 4) is 0 Å². The van der Waals surface area contributed by atoms with Crippen LogP contribution in [0.3, 0.4) is 0 Å². The van der Waals surface area contributed by atoms with Crippen molar-refractivity contribution < 1.29 is 4.79 Å². The van der Waals surface area contributed by atoms with Crippen molar-refractivity contribution in [1.29, 1.82) is 0 Å². The zero-order valence-corrected chi connectivity index (χ0v) is 10.2. The van der Waals surface area contributed by atoms with Crippen LogP contribution in [0.2, 0.25) is 0 Å². The lowest BCUT2D eigenvalue weighted by Crippen LogP contribution is -2.16. The molecule has 0 aliphatic carbocycles. The van der Waals surface area contributed by atoms with Crippen LogP contribution in [0.15, 0.2) is 0 Å². The molecule has 80 valence electrons. The smallest absolute Gasteiger partial charge is 0.133 e. The molecule has 0 fully saturated rings. The van der Waals surface area contributed by atoms with Gasteiger partial charge in [-0.25, -0.2) is 0 Å². The normalized spacial score (nSPS) is 10.3. The maximum atomic E-state index is 11.1. The molecule has 0 aromatic carbocycles. The highest BCUT2D eigenvalue weighted by molar-refractivity contribution is 5.78. The molecule has 0 amide bonds. The van der Waals surface area contributed by atoms with Gasteiger partial charge < -0.3 is 0 Å². The zero-order chi connectivity index (χ0) is 10.9. The Balaban J connectivity index is 0. The lowest BCUT2D eigenvalue weighted by Gasteiger charge is -2.22. The molecule has 0 saturated heterocycles. The number of rotatable bonds is 5. The summed E-state index contributed by atoms with van der Waals surface area (Å²) in [5.41, 5.74) is 0.224. The van der Waals surface area contributed by atoms with Crippen LogP contribution in [0.1, 0.15) is 67.2 Å². The summed E-state index contributed by atoms with van der Waals surface area (Å²) >= 11 is 0. The summed E-state index contributed by atoms with van der Waals surface area (Å²) in [5.74, 6) is 0.392. The quantitative estimate of drug-likeness (QED) is 0.628. The molecule has 0 aromatic heterocycles. The number of Topliss-reactive ketones (excluding diaryl/α,β-unsaturated/α-hetero) is 1. The fourth-order valence-electron chi connectivity index (χ4n) is 1.42. The van der Waals surface area contributed by atoms with E-state index in [0.29, 0.717) is 12.2 Å².